The Morgan fingerprint density at radius 3 is 2.44 bits per heavy atom. The summed E-state index contributed by atoms with van der Waals surface area (Å²) in [6.07, 6.45) is 3.58. The number of carbonyl (C=O) groups is 1. The number of nitrogens with zero attached hydrogens (tertiary/aromatic N) is 5. The van der Waals surface area contributed by atoms with Crippen molar-refractivity contribution in [1.29, 1.82) is 0 Å². The number of anilines is 1. The highest BCUT2D eigenvalue weighted by Crippen LogP contribution is 2.32. The van der Waals surface area contributed by atoms with E-state index >= 15 is 0 Å². The number of fused-ring (bicyclic) bond motifs is 1. The summed E-state index contributed by atoms with van der Waals surface area (Å²) in [4.78, 5) is 21.7. The van der Waals surface area contributed by atoms with Gasteiger partial charge in [0, 0.05) is 69.3 Å². The molecule has 0 saturated carbocycles. The molecule has 0 N–H and O–H groups in total. The molecule has 2 aliphatic rings. The third-order valence-electron chi connectivity index (χ3n) is 5.94. The lowest BCUT2D eigenvalue weighted by molar-refractivity contribution is 0.0704. The Morgan fingerprint density at radius 2 is 1.81 bits per heavy atom. The maximum absolute atomic E-state index is 14.2. The summed E-state index contributed by atoms with van der Waals surface area (Å²) in [6, 6.07) is 4.34. The summed E-state index contributed by atoms with van der Waals surface area (Å²) >= 11 is 1.66. The fourth-order valence-electron chi connectivity index (χ4n) is 4.16. The van der Waals surface area contributed by atoms with Gasteiger partial charge in [-0.3, -0.25) is 9.78 Å². The molecule has 172 valence electrons. The first kappa shape index (κ1) is 23.0. The quantitative estimate of drug-likeness (QED) is 0.607. The second-order valence-corrected chi connectivity index (χ2v) is 10.4. The van der Waals surface area contributed by atoms with Crippen molar-refractivity contribution in [3.05, 3.63) is 47.8 Å². The Kier molecular flexibility index (Phi) is 6.70. The predicted molar refractivity (Wildman–Crippen MR) is 126 cm³/mol. The van der Waals surface area contributed by atoms with Crippen molar-refractivity contribution in [3.8, 4) is 0 Å². The van der Waals surface area contributed by atoms with E-state index in [0.29, 0.717) is 48.3 Å². The Hall–Kier alpha value is -2.21. The number of piperazine rings is 2. The van der Waals surface area contributed by atoms with Crippen molar-refractivity contribution in [2.24, 2.45) is 0 Å². The highest BCUT2D eigenvalue weighted by molar-refractivity contribution is 7.96. The number of hydrogen-bond donors (Lipinski definition) is 0. The Bertz CT molecular complexity index is 1130. The highest BCUT2D eigenvalue weighted by Gasteiger charge is 2.30. The zero-order chi connectivity index (χ0) is 22.9. The number of carbonyl (C=O) groups excluding carboxylic acids is 1. The molecular formula is C21H26FN5O3S2. The second-order valence-electron chi connectivity index (χ2n) is 7.68. The van der Waals surface area contributed by atoms with Crippen molar-refractivity contribution >= 4 is 44.5 Å². The van der Waals surface area contributed by atoms with E-state index in [0.717, 1.165) is 18.5 Å². The van der Waals surface area contributed by atoms with Crippen LogP contribution in [-0.4, -0.2) is 91.4 Å². The van der Waals surface area contributed by atoms with Gasteiger partial charge in [0.1, 0.15) is 5.82 Å². The number of amides is 1. The first-order valence-corrected chi connectivity index (χ1v) is 13.1. The fraction of sp³-hybridized carbons (Fsp3) is 0.429. The van der Waals surface area contributed by atoms with Gasteiger partial charge in [0.15, 0.2) is 0 Å². The van der Waals surface area contributed by atoms with Gasteiger partial charge in [0.05, 0.1) is 16.8 Å². The summed E-state index contributed by atoms with van der Waals surface area (Å²) in [5.41, 5.74) is 1.62. The minimum Gasteiger partial charge on any atom is -0.368 e. The van der Waals surface area contributed by atoms with Crippen LogP contribution >= 0.6 is 11.9 Å². The van der Waals surface area contributed by atoms with Gasteiger partial charge in [-0.25, -0.2) is 17.1 Å². The van der Waals surface area contributed by atoms with Crippen molar-refractivity contribution in [2.75, 3.05) is 63.5 Å². The van der Waals surface area contributed by atoms with Crippen LogP contribution in [0.1, 0.15) is 10.4 Å². The zero-order valence-electron chi connectivity index (χ0n) is 17.9. The molecule has 11 heteroatoms. The molecule has 2 fully saturated rings. The summed E-state index contributed by atoms with van der Waals surface area (Å²) in [5, 5.41) is 1.50. The van der Waals surface area contributed by atoms with Gasteiger partial charge in [-0.2, -0.15) is 4.31 Å². The van der Waals surface area contributed by atoms with Crippen molar-refractivity contribution < 1.29 is 17.6 Å². The molecule has 2 aromatic rings. The summed E-state index contributed by atoms with van der Waals surface area (Å²) in [5.74, 6) is -0.549. The molecule has 0 unspecified atom stereocenters. The number of pyridine rings is 1. The zero-order valence-corrected chi connectivity index (χ0v) is 19.5. The number of halogens is 1. The molecule has 1 amide bonds. The molecule has 1 aromatic heterocycles. The van der Waals surface area contributed by atoms with Crippen LogP contribution in [0.2, 0.25) is 0 Å². The van der Waals surface area contributed by atoms with E-state index in [2.05, 4.69) is 15.9 Å². The molecular weight excluding hydrogens is 453 g/mol. The van der Waals surface area contributed by atoms with Gasteiger partial charge < -0.3 is 9.80 Å². The maximum Gasteiger partial charge on any atom is 0.257 e. The second kappa shape index (κ2) is 9.34. The normalized spacial score (nSPS) is 18.8. The van der Waals surface area contributed by atoms with Gasteiger partial charge in [-0.1, -0.05) is 18.5 Å². The number of benzene rings is 1. The lowest BCUT2D eigenvalue weighted by atomic mass is 10.1. The Morgan fingerprint density at radius 1 is 1.12 bits per heavy atom. The van der Waals surface area contributed by atoms with E-state index in [1.807, 2.05) is 11.2 Å². The number of rotatable bonds is 5. The van der Waals surface area contributed by atoms with E-state index in [9.17, 15) is 17.6 Å². The fourth-order valence-corrected chi connectivity index (χ4v) is 5.58. The first-order chi connectivity index (χ1) is 15.3. The van der Waals surface area contributed by atoms with Gasteiger partial charge in [-0.05, 0) is 24.5 Å². The first-order valence-electron chi connectivity index (χ1n) is 10.4. The van der Waals surface area contributed by atoms with Crippen molar-refractivity contribution in [3.63, 3.8) is 0 Å². The Labute approximate surface area is 191 Å². The summed E-state index contributed by atoms with van der Waals surface area (Å²) in [6.45, 7) is 7.41. The average molecular weight is 480 g/mol. The number of hydrogen-bond acceptors (Lipinski definition) is 7. The van der Waals surface area contributed by atoms with Crippen LogP contribution in [0, 0.1) is 5.82 Å². The molecule has 0 spiro atoms. The molecule has 2 saturated heterocycles. The number of aromatic nitrogens is 1. The smallest absolute Gasteiger partial charge is 0.257 e. The maximum atomic E-state index is 14.2. The van der Waals surface area contributed by atoms with Crippen LogP contribution in [0.4, 0.5) is 10.1 Å². The standard InChI is InChI=1S/C21H26FN5O3S2/c1-3-32(29,30)27-12-8-24(9-13-27)20-17-14-16(22)4-5-19(17)23-15-18(20)21(28)25-6-10-26(31-2)11-7-25/h3-5,14-15H,1,6-13H2,2H3. The third-order valence-corrected chi connectivity index (χ3v) is 8.33. The van der Waals surface area contributed by atoms with Crippen LogP contribution in [0.5, 0.6) is 0 Å². The highest BCUT2D eigenvalue weighted by atomic mass is 32.2. The van der Waals surface area contributed by atoms with Gasteiger partial charge in [0.2, 0.25) is 10.0 Å². The van der Waals surface area contributed by atoms with Crippen LogP contribution in [-0.2, 0) is 10.0 Å². The molecule has 0 aliphatic carbocycles. The molecule has 2 aliphatic heterocycles. The van der Waals surface area contributed by atoms with Crippen molar-refractivity contribution in [1.82, 2.24) is 18.5 Å². The van der Waals surface area contributed by atoms with E-state index < -0.39 is 15.8 Å². The van der Waals surface area contributed by atoms with Gasteiger partial charge in [0.25, 0.3) is 5.91 Å². The number of sulfonamides is 1. The molecule has 0 bridgehead atoms. The van der Waals surface area contributed by atoms with Gasteiger partial charge in [-0.15, -0.1) is 0 Å². The van der Waals surface area contributed by atoms with Gasteiger partial charge >= 0.3 is 0 Å². The average Bonchev–Trinajstić information content (AvgIpc) is 2.83. The van der Waals surface area contributed by atoms with Crippen LogP contribution in [0.15, 0.2) is 36.4 Å². The van der Waals surface area contributed by atoms with Crippen LogP contribution in [0.3, 0.4) is 0 Å². The molecule has 8 nitrogen and oxygen atoms in total. The minimum absolute atomic E-state index is 0.138. The largest absolute Gasteiger partial charge is 0.368 e. The third kappa shape index (κ3) is 4.47. The molecule has 0 radical (unpaired) electrons. The molecule has 4 rings (SSSR count). The molecule has 32 heavy (non-hydrogen) atoms. The monoisotopic (exact) mass is 479 g/mol. The Balaban J connectivity index is 1.69. The van der Waals surface area contributed by atoms with E-state index in [-0.39, 0.29) is 19.0 Å². The minimum atomic E-state index is -3.51. The topological polar surface area (TPSA) is 77.1 Å². The lowest BCUT2D eigenvalue weighted by Crippen LogP contribution is -2.49. The van der Waals surface area contributed by atoms with E-state index in [4.69, 9.17) is 0 Å². The van der Waals surface area contributed by atoms with E-state index in [1.54, 1.807) is 29.1 Å². The van der Waals surface area contributed by atoms with Crippen LogP contribution in [0.25, 0.3) is 10.9 Å². The van der Waals surface area contributed by atoms with E-state index in [1.165, 1.54) is 16.4 Å². The van der Waals surface area contributed by atoms with Crippen molar-refractivity contribution in [2.45, 2.75) is 0 Å². The summed E-state index contributed by atoms with van der Waals surface area (Å²) < 4.78 is 42.0. The SMILES string of the molecule is C=CS(=O)(=O)N1CCN(c2c(C(=O)N3CCN(SC)CC3)cnc3ccc(F)cc23)CC1. The predicted octanol–water partition coefficient (Wildman–Crippen LogP) is 2.00. The summed E-state index contributed by atoms with van der Waals surface area (Å²) in [7, 11) is -3.51. The van der Waals surface area contributed by atoms with Crippen LogP contribution < -0.4 is 4.90 Å². The lowest BCUT2D eigenvalue weighted by Gasteiger charge is -2.37. The molecule has 1 aromatic carbocycles. The molecule has 3 heterocycles. The molecule has 0 atom stereocenters.